The lowest BCUT2D eigenvalue weighted by molar-refractivity contribution is 0.159. The summed E-state index contributed by atoms with van der Waals surface area (Å²) in [4.78, 5) is 4.93. The highest BCUT2D eigenvalue weighted by molar-refractivity contribution is 5.85. The number of hydrogen-bond acceptors (Lipinski definition) is 3. The van der Waals surface area contributed by atoms with Gasteiger partial charge in [0.15, 0.2) is 0 Å². The highest BCUT2D eigenvalue weighted by atomic mass is 35.5. The molecule has 0 spiro atoms. The van der Waals surface area contributed by atoms with Crippen molar-refractivity contribution in [3.63, 3.8) is 0 Å². The van der Waals surface area contributed by atoms with Crippen LogP contribution in [0.5, 0.6) is 0 Å². The number of halogens is 2. The van der Waals surface area contributed by atoms with E-state index in [0.717, 1.165) is 24.8 Å². The molecule has 5 heteroatoms. The zero-order chi connectivity index (χ0) is 13.7. The zero-order valence-corrected chi connectivity index (χ0v) is 14.8. The Morgan fingerprint density at radius 1 is 1.29 bits per heavy atom. The van der Waals surface area contributed by atoms with Crippen molar-refractivity contribution < 1.29 is 0 Å². The van der Waals surface area contributed by atoms with Crippen molar-refractivity contribution in [2.45, 2.75) is 38.3 Å². The summed E-state index contributed by atoms with van der Waals surface area (Å²) in [6, 6.07) is 8.98. The van der Waals surface area contributed by atoms with E-state index in [2.05, 4.69) is 36.0 Å². The average Bonchev–Trinajstić information content (AvgIpc) is 2.38. The van der Waals surface area contributed by atoms with Crippen LogP contribution in [-0.4, -0.2) is 43.0 Å². The molecule has 1 atom stereocenters. The van der Waals surface area contributed by atoms with Crippen molar-refractivity contribution in [2.24, 2.45) is 0 Å². The van der Waals surface area contributed by atoms with Crippen LogP contribution in [0.25, 0.3) is 0 Å². The molecule has 1 heterocycles. The number of rotatable bonds is 5. The number of anilines is 1. The van der Waals surface area contributed by atoms with Crippen LogP contribution in [0.2, 0.25) is 0 Å². The molecule has 0 saturated carbocycles. The highest BCUT2D eigenvalue weighted by Gasteiger charge is 2.18. The summed E-state index contributed by atoms with van der Waals surface area (Å²) in [5.41, 5.74) is 7.98. The van der Waals surface area contributed by atoms with Crippen LogP contribution < -0.4 is 5.73 Å². The van der Waals surface area contributed by atoms with Crippen LogP contribution >= 0.6 is 24.8 Å². The van der Waals surface area contributed by atoms with Gasteiger partial charge in [-0.25, -0.2) is 0 Å². The van der Waals surface area contributed by atoms with Crippen molar-refractivity contribution in [2.75, 3.05) is 32.9 Å². The van der Waals surface area contributed by atoms with Crippen LogP contribution in [0.4, 0.5) is 5.69 Å². The Kier molecular flexibility index (Phi) is 10.0. The molecule has 2 rings (SSSR count). The van der Waals surface area contributed by atoms with E-state index in [9.17, 15) is 0 Å². The summed E-state index contributed by atoms with van der Waals surface area (Å²) in [6.45, 7) is 3.41. The van der Waals surface area contributed by atoms with Gasteiger partial charge in [0.1, 0.15) is 0 Å². The Morgan fingerprint density at radius 3 is 2.71 bits per heavy atom. The molecule has 0 aromatic heterocycles. The minimum atomic E-state index is 0. The number of hydrogen-bond donors (Lipinski definition) is 1. The van der Waals surface area contributed by atoms with E-state index in [1.165, 1.54) is 37.8 Å². The van der Waals surface area contributed by atoms with E-state index in [0.29, 0.717) is 0 Å². The first-order valence-corrected chi connectivity index (χ1v) is 7.38. The number of likely N-dealkylation sites (tertiary alicyclic amines) is 1. The molecule has 0 bridgehead atoms. The lowest BCUT2D eigenvalue weighted by Gasteiger charge is -2.33. The molecule has 0 aliphatic carbocycles. The molecule has 122 valence electrons. The third kappa shape index (κ3) is 6.88. The summed E-state index contributed by atoms with van der Waals surface area (Å²) < 4.78 is 0. The number of nitrogens with two attached hydrogens (primary N) is 1. The molecule has 0 amide bonds. The molecule has 1 aromatic carbocycles. The Bertz CT molecular complexity index is 401. The summed E-state index contributed by atoms with van der Waals surface area (Å²) in [6.07, 6.45) is 5.40. The van der Waals surface area contributed by atoms with E-state index >= 15 is 0 Å². The maximum Gasteiger partial charge on any atom is 0.0317 e. The van der Waals surface area contributed by atoms with E-state index < -0.39 is 0 Å². The SMILES string of the molecule is CN(CCC1CCCCN1C)Cc1cccc(N)c1.Cl.Cl. The van der Waals surface area contributed by atoms with Crippen molar-refractivity contribution >= 4 is 30.5 Å². The molecule has 1 aromatic rings. The normalized spacial score (nSPS) is 18.9. The standard InChI is InChI=1S/C16H27N3.2ClH/c1-18(13-14-6-5-7-15(17)12-14)11-9-16-8-3-4-10-19(16)2;;/h5-7,12,16H,3-4,8-11,13,17H2,1-2H3;2*1H. The molecule has 2 N–H and O–H groups in total. The second-order valence-electron chi connectivity index (χ2n) is 5.90. The first kappa shape index (κ1) is 20.5. The third-order valence-corrected chi connectivity index (χ3v) is 4.17. The molecule has 21 heavy (non-hydrogen) atoms. The summed E-state index contributed by atoms with van der Waals surface area (Å²) in [5, 5.41) is 0. The summed E-state index contributed by atoms with van der Waals surface area (Å²) in [7, 11) is 4.47. The average molecular weight is 334 g/mol. The second-order valence-corrected chi connectivity index (χ2v) is 5.90. The topological polar surface area (TPSA) is 32.5 Å². The first-order chi connectivity index (χ1) is 9.15. The van der Waals surface area contributed by atoms with Gasteiger partial charge in [-0.05, 0) is 64.1 Å². The number of benzene rings is 1. The van der Waals surface area contributed by atoms with Crippen LogP contribution in [-0.2, 0) is 6.54 Å². The number of piperidine rings is 1. The van der Waals surface area contributed by atoms with Crippen molar-refractivity contribution in [1.29, 1.82) is 0 Å². The van der Waals surface area contributed by atoms with E-state index in [1.54, 1.807) is 0 Å². The van der Waals surface area contributed by atoms with Crippen LogP contribution in [0.1, 0.15) is 31.2 Å². The van der Waals surface area contributed by atoms with Crippen molar-refractivity contribution in [3.05, 3.63) is 29.8 Å². The molecule has 1 saturated heterocycles. The van der Waals surface area contributed by atoms with Crippen LogP contribution in [0.3, 0.4) is 0 Å². The molecule has 1 aliphatic heterocycles. The first-order valence-electron chi connectivity index (χ1n) is 7.38. The largest absolute Gasteiger partial charge is 0.399 e. The van der Waals surface area contributed by atoms with Crippen molar-refractivity contribution in [1.82, 2.24) is 9.80 Å². The molecule has 1 fully saturated rings. The molecule has 1 unspecified atom stereocenters. The van der Waals surface area contributed by atoms with Gasteiger partial charge >= 0.3 is 0 Å². The predicted molar refractivity (Wildman–Crippen MR) is 96.6 cm³/mol. The van der Waals surface area contributed by atoms with Crippen LogP contribution in [0.15, 0.2) is 24.3 Å². The number of nitrogen functional groups attached to an aromatic ring is 1. The predicted octanol–water partition coefficient (Wildman–Crippen LogP) is 3.42. The number of nitrogens with zero attached hydrogens (tertiary/aromatic N) is 2. The quantitative estimate of drug-likeness (QED) is 0.838. The van der Waals surface area contributed by atoms with Gasteiger partial charge in [0.25, 0.3) is 0 Å². The van der Waals surface area contributed by atoms with Gasteiger partial charge in [0.05, 0.1) is 0 Å². The van der Waals surface area contributed by atoms with Gasteiger partial charge in [-0.1, -0.05) is 18.6 Å². The summed E-state index contributed by atoms with van der Waals surface area (Å²) >= 11 is 0. The second kappa shape index (κ2) is 10.3. The minimum Gasteiger partial charge on any atom is -0.399 e. The van der Waals surface area contributed by atoms with E-state index in [4.69, 9.17) is 5.73 Å². The summed E-state index contributed by atoms with van der Waals surface area (Å²) in [5.74, 6) is 0. The maximum absolute atomic E-state index is 5.82. The highest BCUT2D eigenvalue weighted by Crippen LogP contribution is 2.18. The smallest absolute Gasteiger partial charge is 0.0317 e. The Labute approximate surface area is 141 Å². The molecular formula is C16H29Cl2N3. The molecular weight excluding hydrogens is 305 g/mol. The fourth-order valence-electron chi connectivity index (χ4n) is 2.96. The van der Waals surface area contributed by atoms with Gasteiger partial charge in [-0.3, -0.25) is 0 Å². The van der Waals surface area contributed by atoms with Gasteiger partial charge < -0.3 is 15.5 Å². The van der Waals surface area contributed by atoms with E-state index in [1.807, 2.05) is 12.1 Å². The van der Waals surface area contributed by atoms with Gasteiger partial charge in [-0.2, -0.15) is 0 Å². The minimum absolute atomic E-state index is 0. The zero-order valence-electron chi connectivity index (χ0n) is 13.1. The van der Waals surface area contributed by atoms with Gasteiger partial charge in [0, 0.05) is 18.3 Å². The van der Waals surface area contributed by atoms with Crippen molar-refractivity contribution in [3.8, 4) is 0 Å². The Hall–Kier alpha value is -0.480. The Morgan fingerprint density at radius 2 is 2.05 bits per heavy atom. The van der Waals surface area contributed by atoms with E-state index in [-0.39, 0.29) is 24.8 Å². The Balaban J connectivity index is 0.00000200. The molecule has 0 radical (unpaired) electrons. The maximum atomic E-state index is 5.82. The fourth-order valence-corrected chi connectivity index (χ4v) is 2.96. The third-order valence-electron chi connectivity index (χ3n) is 4.17. The monoisotopic (exact) mass is 333 g/mol. The van der Waals surface area contributed by atoms with Gasteiger partial charge in [0.2, 0.25) is 0 Å². The van der Waals surface area contributed by atoms with Gasteiger partial charge in [-0.15, -0.1) is 24.8 Å². The molecule has 3 nitrogen and oxygen atoms in total. The van der Waals surface area contributed by atoms with Crippen LogP contribution in [0, 0.1) is 0 Å². The lowest BCUT2D eigenvalue weighted by Crippen LogP contribution is -2.38. The lowest BCUT2D eigenvalue weighted by atomic mass is 10.00. The molecule has 1 aliphatic rings. The fraction of sp³-hybridized carbons (Fsp3) is 0.625.